The van der Waals surface area contributed by atoms with Gasteiger partial charge in [0.2, 0.25) is 0 Å². The quantitative estimate of drug-likeness (QED) is 0.586. The number of aromatic nitrogens is 2. The molecular formula is C17H10F6N2O4S. The van der Waals surface area contributed by atoms with Gasteiger partial charge >= 0.3 is 5.51 Å². The van der Waals surface area contributed by atoms with Gasteiger partial charge in [0, 0.05) is 17.5 Å². The molecule has 0 aliphatic heterocycles. The lowest BCUT2D eigenvalue weighted by Crippen LogP contribution is -2.26. The molecule has 0 bridgehead atoms. The van der Waals surface area contributed by atoms with E-state index in [1.54, 1.807) is 0 Å². The van der Waals surface area contributed by atoms with Gasteiger partial charge in [-0.15, -0.1) is 0 Å². The minimum absolute atomic E-state index is 0.0641. The summed E-state index contributed by atoms with van der Waals surface area (Å²) in [5.74, 6) is -5.09. The Morgan fingerprint density at radius 1 is 1.17 bits per heavy atom. The fraction of sp³-hybridized carbons (Fsp3) is 0.235. The zero-order valence-corrected chi connectivity index (χ0v) is 15.3. The summed E-state index contributed by atoms with van der Waals surface area (Å²) in [4.78, 5) is -1.48. The molecule has 160 valence electrons. The molecule has 0 spiro atoms. The molecule has 2 aromatic carbocycles. The Bertz CT molecular complexity index is 1270. The van der Waals surface area contributed by atoms with Crippen LogP contribution in [0.4, 0.5) is 26.3 Å². The molecule has 1 aromatic heterocycles. The van der Waals surface area contributed by atoms with Gasteiger partial charge in [-0.3, -0.25) is 5.10 Å². The van der Waals surface area contributed by atoms with Gasteiger partial charge in [-0.1, -0.05) is 0 Å². The smallest absolute Gasteiger partial charge is 0.456 e. The third-order valence-corrected chi connectivity index (χ3v) is 6.24. The van der Waals surface area contributed by atoms with Crippen LogP contribution in [0.2, 0.25) is 0 Å². The SMILES string of the molecule is O=S(=O)(c1ccc(Oc2ccc(F)c3[nH]ncc23)c2c1[C@H](O)C(F)(F)C2)C(F)(F)F. The number of sulfone groups is 1. The molecule has 1 aliphatic rings. The number of nitrogens with one attached hydrogen (secondary N) is 1. The third kappa shape index (κ3) is 2.91. The predicted octanol–water partition coefficient (Wildman–Crippen LogP) is 4.01. The molecule has 6 nitrogen and oxygen atoms in total. The molecule has 1 aliphatic carbocycles. The van der Waals surface area contributed by atoms with Crippen molar-refractivity contribution in [3.63, 3.8) is 0 Å². The highest BCUT2D eigenvalue weighted by Gasteiger charge is 2.55. The van der Waals surface area contributed by atoms with Crippen LogP contribution in [0.25, 0.3) is 10.9 Å². The van der Waals surface area contributed by atoms with Crippen LogP contribution < -0.4 is 4.74 Å². The number of aliphatic hydroxyl groups is 1. The van der Waals surface area contributed by atoms with E-state index >= 15 is 0 Å². The summed E-state index contributed by atoms with van der Waals surface area (Å²) in [7, 11) is -6.02. The monoisotopic (exact) mass is 452 g/mol. The van der Waals surface area contributed by atoms with Crippen LogP contribution >= 0.6 is 0 Å². The molecule has 0 radical (unpaired) electrons. The molecule has 4 rings (SSSR count). The summed E-state index contributed by atoms with van der Waals surface area (Å²) in [6.45, 7) is 0. The number of H-pyrrole nitrogens is 1. The van der Waals surface area contributed by atoms with E-state index in [2.05, 4.69) is 10.2 Å². The van der Waals surface area contributed by atoms with E-state index < -0.39 is 61.4 Å². The first-order chi connectivity index (χ1) is 13.8. The third-order valence-electron chi connectivity index (χ3n) is 4.70. The van der Waals surface area contributed by atoms with Gasteiger partial charge in [-0.2, -0.15) is 18.3 Å². The minimum Gasteiger partial charge on any atom is -0.456 e. The van der Waals surface area contributed by atoms with Crippen molar-refractivity contribution < 1.29 is 44.6 Å². The van der Waals surface area contributed by atoms with Crippen molar-refractivity contribution in [3.8, 4) is 11.5 Å². The zero-order valence-electron chi connectivity index (χ0n) is 14.5. The number of hydrogen-bond acceptors (Lipinski definition) is 5. The number of benzene rings is 2. The summed E-state index contributed by atoms with van der Waals surface area (Å²) >= 11 is 0. The number of alkyl halides is 5. The largest absolute Gasteiger partial charge is 0.501 e. The summed E-state index contributed by atoms with van der Waals surface area (Å²) in [5, 5.41) is 16.0. The molecule has 1 atom stereocenters. The van der Waals surface area contributed by atoms with E-state index in [-0.39, 0.29) is 16.7 Å². The van der Waals surface area contributed by atoms with Crippen molar-refractivity contribution in [2.75, 3.05) is 0 Å². The topological polar surface area (TPSA) is 92.3 Å². The number of aliphatic hydroxyl groups excluding tert-OH is 1. The van der Waals surface area contributed by atoms with Crippen LogP contribution in [0.15, 0.2) is 35.4 Å². The number of aromatic amines is 1. The number of ether oxygens (including phenoxy) is 1. The van der Waals surface area contributed by atoms with Gasteiger partial charge in [-0.05, 0) is 24.3 Å². The van der Waals surface area contributed by atoms with E-state index in [9.17, 15) is 39.9 Å². The number of halogens is 6. The van der Waals surface area contributed by atoms with Crippen molar-refractivity contribution in [2.24, 2.45) is 0 Å². The molecule has 2 N–H and O–H groups in total. The maximum atomic E-state index is 14.1. The Kier molecular flexibility index (Phi) is 4.33. The van der Waals surface area contributed by atoms with E-state index in [0.717, 1.165) is 18.2 Å². The van der Waals surface area contributed by atoms with Crippen LogP contribution in [-0.4, -0.2) is 35.2 Å². The standard InChI is InChI=1S/C17H10F6N2O4S/c18-9-1-2-11(8-6-24-25-14(8)9)29-10-3-4-12(30(27,28)17(21,22)23)13-7(10)5-16(19,20)15(13)26/h1-4,6,15,26H,5H2,(H,24,25)/t15-/m0/s1. The highest BCUT2D eigenvalue weighted by Crippen LogP contribution is 2.51. The van der Waals surface area contributed by atoms with E-state index in [4.69, 9.17) is 4.74 Å². The van der Waals surface area contributed by atoms with Gasteiger partial charge < -0.3 is 9.84 Å². The first-order valence-electron chi connectivity index (χ1n) is 8.17. The number of fused-ring (bicyclic) bond motifs is 2. The second-order valence-electron chi connectivity index (χ2n) is 6.55. The van der Waals surface area contributed by atoms with Crippen molar-refractivity contribution in [1.82, 2.24) is 10.2 Å². The van der Waals surface area contributed by atoms with Gasteiger partial charge in [0.15, 0.2) is 0 Å². The van der Waals surface area contributed by atoms with Crippen molar-refractivity contribution in [2.45, 2.75) is 28.9 Å². The van der Waals surface area contributed by atoms with E-state index in [1.807, 2.05) is 0 Å². The Morgan fingerprint density at radius 2 is 1.83 bits per heavy atom. The van der Waals surface area contributed by atoms with Gasteiger partial charge in [0.1, 0.15) is 28.9 Å². The average molecular weight is 452 g/mol. The minimum atomic E-state index is -6.02. The second kappa shape index (κ2) is 6.35. The summed E-state index contributed by atoms with van der Waals surface area (Å²) in [6, 6.07) is 3.35. The normalized spacial score (nSPS) is 18.6. The molecule has 3 aromatic rings. The lowest BCUT2D eigenvalue weighted by atomic mass is 10.1. The Hall–Kier alpha value is -2.80. The molecule has 0 saturated heterocycles. The Balaban J connectivity index is 1.90. The zero-order chi connectivity index (χ0) is 22.1. The number of rotatable bonds is 3. The van der Waals surface area contributed by atoms with Gasteiger partial charge in [-0.25, -0.2) is 21.6 Å². The average Bonchev–Trinajstić information content (AvgIpc) is 3.22. The molecule has 1 heterocycles. The second-order valence-corrected chi connectivity index (χ2v) is 8.46. The fourth-order valence-electron chi connectivity index (χ4n) is 3.29. The lowest BCUT2D eigenvalue weighted by Gasteiger charge is -2.17. The van der Waals surface area contributed by atoms with Crippen LogP contribution in [0.1, 0.15) is 17.2 Å². The molecule has 0 amide bonds. The van der Waals surface area contributed by atoms with Crippen LogP contribution in [-0.2, 0) is 16.3 Å². The number of hydrogen-bond donors (Lipinski definition) is 2. The highest BCUT2D eigenvalue weighted by atomic mass is 32.2. The van der Waals surface area contributed by atoms with Gasteiger partial charge in [0.25, 0.3) is 15.8 Å². The fourth-order valence-corrected chi connectivity index (χ4v) is 4.31. The summed E-state index contributed by atoms with van der Waals surface area (Å²) < 4.78 is 110. The molecule has 13 heteroatoms. The molecule has 0 unspecified atom stereocenters. The molecule has 0 fully saturated rings. The van der Waals surface area contributed by atoms with Crippen molar-refractivity contribution in [3.05, 3.63) is 47.4 Å². The molecule has 30 heavy (non-hydrogen) atoms. The van der Waals surface area contributed by atoms with Crippen molar-refractivity contribution in [1.29, 1.82) is 0 Å². The van der Waals surface area contributed by atoms with Crippen LogP contribution in [0.3, 0.4) is 0 Å². The summed E-state index contributed by atoms with van der Waals surface area (Å²) in [6.07, 6.45) is -2.86. The predicted molar refractivity (Wildman–Crippen MR) is 89.4 cm³/mol. The molecule has 0 saturated carbocycles. The van der Waals surface area contributed by atoms with Crippen molar-refractivity contribution >= 4 is 20.7 Å². The maximum absolute atomic E-state index is 14.1. The summed E-state index contributed by atoms with van der Waals surface area (Å²) in [5.41, 5.74) is -7.51. The first kappa shape index (κ1) is 20.5. The first-order valence-corrected chi connectivity index (χ1v) is 9.65. The highest BCUT2D eigenvalue weighted by molar-refractivity contribution is 7.92. The maximum Gasteiger partial charge on any atom is 0.501 e. The Labute approximate surface area is 164 Å². The van der Waals surface area contributed by atoms with Gasteiger partial charge in [0.05, 0.1) is 16.5 Å². The van der Waals surface area contributed by atoms with E-state index in [0.29, 0.717) is 6.07 Å². The molecular weight excluding hydrogens is 442 g/mol. The Morgan fingerprint density at radius 3 is 2.50 bits per heavy atom. The van der Waals surface area contributed by atoms with Crippen LogP contribution in [0, 0.1) is 5.82 Å². The van der Waals surface area contributed by atoms with E-state index in [1.165, 1.54) is 6.20 Å². The lowest BCUT2D eigenvalue weighted by molar-refractivity contribution is -0.0978. The number of nitrogens with zero attached hydrogens (tertiary/aromatic N) is 1. The van der Waals surface area contributed by atoms with Crippen LogP contribution in [0.5, 0.6) is 11.5 Å².